The standard InChI is InChI=1S/C33H40O21/c1-12-5-14-22(15(36)6-12)28(46)23-13(24(14)42)3-2-4-20(23)52-9-18(39)27(45)29(47)30(48)32(50)53-11-21(41)33(51,31(49)17(38)8-35)54-10-19(40)26(44)25(43)16(37)7-34/h2-8,16-19,21,25-27,29-31,36-41,43-45,47-49,51H,9-11H2,1H3. The van der Waals surface area contributed by atoms with Crippen LogP contribution in [0.3, 0.4) is 0 Å². The number of carbonyl (C=O) groups is 5. The van der Waals surface area contributed by atoms with Crippen LogP contribution in [0.5, 0.6) is 11.5 Å². The van der Waals surface area contributed by atoms with Gasteiger partial charge in [0.25, 0.3) is 0 Å². The highest BCUT2D eigenvalue weighted by molar-refractivity contribution is 6.30. The molecule has 21 heteroatoms. The summed E-state index contributed by atoms with van der Waals surface area (Å²) in [5.41, 5.74) is -0.221. The number of aryl methyl sites for hydroxylation is 1. The maximum absolute atomic E-state index is 13.3. The van der Waals surface area contributed by atoms with Gasteiger partial charge in [-0.2, -0.15) is 0 Å². The minimum Gasteiger partial charge on any atom is -0.507 e. The van der Waals surface area contributed by atoms with E-state index in [-0.39, 0.29) is 40.6 Å². The molecule has 2 aromatic rings. The predicted octanol–water partition coefficient (Wildman–Crippen LogP) is -6.53. The smallest absolute Gasteiger partial charge is 0.337 e. The Hall–Kier alpha value is -4.33. The van der Waals surface area contributed by atoms with Crippen molar-refractivity contribution in [2.45, 2.75) is 79.9 Å². The molecule has 2 aromatic carbocycles. The molecule has 0 spiro atoms. The van der Waals surface area contributed by atoms with Crippen LogP contribution in [-0.2, 0) is 23.9 Å². The lowest BCUT2D eigenvalue weighted by atomic mass is 9.82. The second-order valence-electron chi connectivity index (χ2n) is 12.3. The van der Waals surface area contributed by atoms with Gasteiger partial charge in [-0.3, -0.25) is 9.59 Å². The number of fused-ring (bicyclic) bond motifs is 2. The average molecular weight is 773 g/mol. The van der Waals surface area contributed by atoms with Crippen molar-refractivity contribution in [1.82, 2.24) is 0 Å². The van der Waals surface area contributed by atoms with Gasteiger partial charge in [0.05, 0.1) is 17.7 Å². The minimum atomic E-state index is -3.55. The fourth-order valence-corrected chi connectivity index (χ4v) is 5.25. The minimum absolute atomic E-state index is 0.0515. The molecule has 0 radical (unpaired) electrons. The van der Waals surface area contributed by atoms with E-state index in [1.54, 1.807) is 6.92 Å². The number of hydrogen-bond donors (Lipinski definition) is 13. The van der Waals surface area contributed by atoms with Gasteiger partial charge in [-0.15, -0.1) is 0 Å². The highest BCUT2D eigenvalue weighted by atomic mass is 16.7. The maximum atomic E-state index is 13.3. The summed E-state index contributed by atoms with van der Waals surface area (Å²) in [6, 6.07) is 6.57. The van der Waals surface area contributed by atoms with Crippen LogP contribution in [0.4, 0.5) is 0 Å². The van der Waals surface area contributed by atoms with Crippen LogP contribution in [0.1, 0.15) is 37.4 Å². The summed E-state index contributed by atoms with van der Waals surface area (Å²) in [6.45, 7) is -2.16. The van der Waals surface area contributed by atoms with Crippen molar-refractivity contribution in [3.63, 3.8) is 0 Å². The van der Waals surface area contributed by atoms with Crippen LogP contribution >= 0.6 is 0 Å². The van der Waals surface area contributed by atoms with Crippen molar-refractivity contribution < 1.29 is 105 Å². The SMILES string of the molecule is Cc1cc(O)c2c(c1)C(=O)c1cccc(OCC(O)C(O)C(O)C(O)C(=O)OCC(O)C(O)(OCC(O)C(O)C(O)C(O)C=O)C(O)C(O)C=O)c1C2=O. The summed E-state index contributed by atoms with van der Waals surface area (Å²) in [7, 11) is 0. The van der Waals surface area contributed by atoms with Gasteiger partial charge in [0.1, 0.15) is 85.8 Å². The number of carbonyl (C=O) groups excluding carboxylic acids is 5. The first-order valence-electron chi connectivity index (χ1n) is 15.8. The van der Waals surface area contributed by atoms with Crippen LogP contribution in [-0.4, -0.2) is 189 Å². The first-order chi connectivity index (χ1) is 25.2. The summed E-state index contributed by atoms with van der Waals surface area (Å²) in [6.07, 6.45) is -27.4. The molecule has 0 saturated heterocycles. The zero-order chi connectivity index (χ0) is 40.8. The lowest BCUT2D eigenvalue weighted by Gasteiger charge is -2.38. The first-order valence-corrected chi connectivity index (χ1v) is 15.8. The molecule has 298 valence electrons. The number of phenolic OH excluding ortho intramolecular Hbond substituents is 1. The van der Waals surface area contributed by atoms with Crippen molar-refractivity contribution in [3.8, 4) is 11.5 Å². The Kier molecular flexibility index (Phi) is 15.0. The molecule has 0 saturated carbocycles. The normalized spacial score (nSPS) is 19.9. The van der Waals surface area contributed by atoms with E-state index in [0.29, 0.717) is 5.56 Å². The number of aromatic hydroxyl groups is 1. The largest absolute Gasteiger partial charge is 0.507 e. The number of esters is 1. The Morgan fingerprint density at radius 2 is 1.33 bits per heavy atom. The van der Waals surface area contributed by atoms with Crippen molar-refractivity contribution in [3.05, 3.63) is 58.1 Å². The summed E-state index contributed by atoms with van der Waals surface area (Å²) in [4.78, 5) is 60.5. The first kappa shape index (κ1) is 44.1. The van der Waals surface area contributed by atoms with Gasteiger partial charge in [0.15, 0.2) is 24.5 Å². The quantitative estimate of drug-likeness (QED) is 0.0288. The molecule has 0 aliphatic heterocycles. The van der Waals surface area contributed by atoms with E-state index in [4.69, 9.17) is 9.47 Å². The van der Waals surface area contributed by atoms with Crippen molar-refractivity contribution in [1.29, 1.82) is 0 Å². The molecule has 1 aliphatic carbocycles. The van der Waals surface area contributed by atoms with Crippen molar-refractivity contribution in [2.75, 3.05) is 19.8 Å². The zero-order valence-electron chi connectivity index (χ0n) is 28.1. The molecule has 0 heterocycles. The number of benzene rings is 2. The molecule has 12 unspecified atom stereocenters. The number of rotatable bonds is 20. The Morgan fingerprint density at radius 1 is 0.741 bits per heavy atom. The molecule has 54 heavy (non-hydrogen) atoms. The van der Waals surface area contributed by atoms with Gasteiger partial charge in [-0.1, -0.05) is 12.1 Å². The fraction of sp³-hybridized carbons (Fsp3) is 0.485. The van der Waals surface area contributed by atoms with Gasteiger partial charge in [0, 0.05) is 11.1 Å². The molecule has 13 N–H and O–H groups in total. The molecular weight excluding hydrogens is 732 g/mol. The van der Waals surface area contributed by atoms with E-state index in [1.165, 1.54) is 30.3 Å². The third kappa shape index (κ3) is 9.30. The monoisotopic (exact) mass is 772 g/mol. The van der Waals surface area contributed by atoms with Gasteiger partial charge in [0.2, 0.25) is 11.6 Å². The Bertz CT molecular complexity index is 1680. The van der Waals surface area contributed by atoms with Crippen molar-refractivity contribution in [2.24, 2.45) is 0 Å². The molecule has 12 atom stereocenters. The number of ketones is 2. The second kappa shape index (κ2) is 18.3. The third-order valence-corrected chi connectivity index (χ3v) is 8.42. The molecule has 0 aromatic heterocycles. The third-order valence-electron chi connectivity index (χ3n) is 8.42. The summed E-state index contributed by atoms with van der Waals surface area (Å²) in [5.74, 6) is -7.55. The number of aliphatic hydroxyl groups excluding tert-OH is 11. The zero-order valence-corrected chi connectivity index (χ0v) is 28.1. The summed E-state index contributed by atoms with van der Waals surface area (Å²) in [5, 5.41) is 132. The molecule has 0 amide bonds. The van der Waals surface area contributed by atoms with Crippen LogP contribution in [0.15, 0.2) is 30.3 Å². The highest BCUT2D eigenvalue weighted by Crippen LogP contribution is 2.37. The Morgan fingerprint density at radius 3 is 1.94 bits per heavy atom. The van der Waals surface area contributed by atoms with E-state index >= 15 is 0 Å². The van der Waals surface area contributed by atoms with E-state index in [0.717, 1.165) is 0 Å². The number of aliphatic hydroxyl groups is 12. The van der Waals surface area contributed by atoms with Gasteiger partial charge in [-0.05, 0) is 30.7 Å². The van der Waals surface area contributed by atoms with Crippen LogP contribution in [0.2, 0.25) is 0 Å². The van der Waals surface area contributed by atoms with Gasteiger partial charge < -0.3 is 90.2 Å². The number of phenols is 1. The molecule has 0 fully saturated rings. The van der Waals surface area contributed by atoms with E-state index < -0.39 is 116 Å². The summed E-state index contributed by atoms with van der Waals surface area (Å²) < 4.78 is 14.8. The Labute approximate surface area is 304 Å². The van der Waals surface area contributed by atoms with Crippen molar-refractivity contribution >= 4 is 30.1 Å². The second-order valence-corrected chi connectivity index (χ2v) is 12.3. The molecule has 1 aliphatic rings. The number of aldehydes is 2. The highest BCUT2D eigenvalue weighted by Gasteiger charge is 2.49. The van der Waals surface area contributed by atoms with E-state index in [1.807, 2.05) is 0 Å². The maximum Gasteiger partial charge on any atom is 0.337 e. The molecule has 21 nitrogen and oxygen atoms in total. The molecule has 0 bridgehead atoms. The predicted molar refractivity (Wildman–Crippen MR) is 172 cm³/mol. The summed E-state index contributed by atoms with van der Waals surface area (Å²) >= 11 is 0. The number of ether oxygens (including phenoxy) is 3. The van der Waals surface area contributed by atoms with Gasteiger partial charge >= 0.3 is 5.97 Å². The van der Waals surface area contributed by atoms with E-state index in [2.05, 4.69) is 4.74 Å². The van der Waals surface area contributed by atoms with Crippen LogP contribution < -0.4 is 4.74 Å². The Balaban J connectivity index is 1.65. The van der Waals surface area contributed by atoms with Gasteiger partial charge in [-0.25, -0.2) is 4.79 Å². The van der Waals surface area contributed by atoms with E-state index in [9.17, 15) is 90.4 Å². The topological polar surface area (TPSA) is 376 Å². The fourth-order valence-electron chi connectivity index (χ4n) is 5.25. The molecular formula is C33H40O21. The lowest BCUT2D eigenvalue weighted by molar-refractivity contribution is -0.323. The average Bonchev–Trinajstić information content (AvgIpc) is 3.16. The van der Waals surface area contributed by atoms with Crippen LogP contribution in [0.25, 0.3) is 0 Å². The number of hydrogen-bond acceptors (Lipinski definition) is 21. The lowest BCUT2D eigenvalue weighted by Crippen LogP contribution is -2.61. The van der Waals surface area contributed by atoms with Crippen LogP contribution in [0, 0.1) is 6.92 Å². The molecule has 3 rings (SSSR count).